The van der Waals surface area contributed by atoms with Gasteiger partial charge in [0, 0.05) is 20.3 Å². The van der Waals surface area contributed by atoms with Crippen LogP contribution in [0.5, 0.6) is 0 Å². The van der Waals surface area contributed by atoms with Crippen molar-refractivity contribution in [1.29, 1.82) is 0 Å². The number of hydrogen-bond acceptors (Lipinski definition) is 3. The number of rotatable bonds is 10. The quantitative estimate of drug-likeness (QED) is 0.583. The van der Waals surface area contributed by atoms with E-state index >= 15 is 0 Å². The Labute approximate surface area is 99.9 Å². The highest BCUT2D eigenvalue weighted by Gasteiger charge is 2.13. The Kier molecular flexibility index (Phi) is 8.77. The van der Waals surface area contributed by atoms with E-state index in [2.05, 4.69) is 5.32 Å². The van der Waals surface area contributed by atoms with Gasteiger partial charge in [0.2, 0.25) is 0 Å². The van der Waals surface area contributed by atoms with Gasteiger partial charge in [-0.2, -0.15) is 0 Å². The van der Waals surface area contributed by atoms with E-state index in [0.29, 0.717) is 6.10 Å². The van der Waals surface area contributed by atoms with Crippen LogP contribution < -0.4 is 5.32 Å². The minimum absolute atomic E-state index is 0.583. The predicted molar refractivity (Wildman–Crippen MR) is 66.8 cm³/mol. The molecule has 0 spiro atoms. The van der Waals surface area contributed by atoms with Crippen molar-refractivity contribution in [3.05, 3.63) is 0 Å². The molecule has 0 aromatic carbocycles. The molecule has 1 fully saturated rings. The molecular formula is C13H27NO2. The minimum atomic E-state index is 0.583. The van der Waals surface area contributed by atoms with Gasteiger partial charge in [0.25, 0.3) is 0 Å². The Morgan fingerprint density at radius 2 is 2.06 bits per heavy atom. The number of hydrogen-bond donors (Lipinski definition) is 1. The molecule has 1 atom stereocenters. The number of unbranched alkanes of at least 4 members (excludes halogenated alkanes) is 3. The second-order valence-corrected chi connectivity index (χ2v) is 4.58. The predicted octanol–water partition coefficient (Wildman–Crippen LogP) is 2.35. The first-order valence-electron chi connectivity index (χ1n) is 6.74. The van der Waals surface area contributed by atoms with Crippen molar-refractivity contribution in [1.82, 2.24) is 5.32 Å². The lowest BCUT2D eigenvalue weighted by atomic mass is 10.1. The van der Waals surface area contributed by atoms with Crippen molar-refractivity contribution < 1.29 is 9.47 Å². The van der Waals surface area contributed by atoms with E-state index in [1.165, 1.54) is 44.9 Å². The minimum Gasteiger partial charge on any atom is -0.383 e. The monoisotopic (exact) mass is 229 g/mol. The number of methoxy groups -OCH3 is 1. The Balaban J connectivity index is 1.71. The standard InChI is InChI=1S/C13H27NO2/c1-15-12-10-14-9-5-3-2-4-7-13-8-6-11-16-13/h13-14H,2-12H2,1H3. The first kappa shape index (κ1) is 13.9. The highest BCUT2D eigenvalue weighted by Crippen LogP contribution is 2.18. The second kappa shape index (κ2) is 10.1. The summed E-state index contributed by atoms with van der Waals surface area (Å²) < 4.78 is 10.6. The molecular weight excluding hydrogens is 202 g/mol. The Morgan fingerprint density at radius 1 is 1.19 bits per heavy atom. The summed E-state index contributed by atoms with van der Waals surface area (Å²) in [6.07, 6.45) is 9.74. The fourth-order valence-electron chi connectivity index (χ4n) is 2.15. The second-order valence-electron chi connectivity index (χ2n) is 4.58. The summed E-state index contributed by atoms with van der Waals surface area (Å²) >= 11 is 0. The molecule has 1 N–H and O–H groups in total. The third-order valence-electron chi connectivity index (χ3n) is 3.14. The van der Waals surface area contributed by atoms with Crippen molar-refractivity contribution in [2.75, 3.05) is 33.4 Å². The van der Waals surface area contributed by atoms with Crippen LogP contribution in [-0.4, -0.2) is 39.5 Å². The summed E-state index contributed by atoms with van der Waals surface area (Å²) in [5, 5.41) is 3.37. The van der Waals surface area contributed by atoms with Crippen LogP contribution in [0.25, 0.3) is 0 Å². The van der Waals surface area contributed by atoms with E-state index in [1.54, 1.807) is 7.11 Å². The van der Waals surface area contributed by atoms with Gasteiger partial charge >= 0.3 is 0 Å². The Bertz CT molecular complexity index is 147. The highest BCUT2D eigenvalue weighted by molar-refractivity contribution is 4.64. The van der Waals surface area contributed by atoms with Crippen LogP contribution in [0, 0.1) is 0 Å². The van der Waals surface area contributed by atoms with Crippen LogP contribution in [0.3, 0.4) is 0 Å². The molecule has 0 aromatic rings. The molecule has 1 saturated heterocycles. The van der Waals surface area contributed by atoms with Crippen LogP contribution in [-0.2, 0) is 9.47 Å². The molecule has 0 amide bonds. The van der Waals surface area contributed by atoms with E-state index in [1.807, 2.05) is 0 Å². The molecule has 0 bridgehead atoms. The van der Waals surface area contributed by atoms with Crippen molar-refractivity contribution in [3.63, 3.8) is 0 Å². The molecule has 1 heterocycles. The molecule has 0 aliphatic carbocycles. The smallest absolute Gasteiger partial charge is 0.0587 e. The summed E-state index contributed by atoms with van der Waals surface area (Å²) in [5.74, 6) is 0. The summed E-state index contributed by atoms with van der Waals surface area (Å²) in [4.78, 5) is 0. The van der Waals surface area contributed by atoms with Gasteiger partial charge in [-0.15, -0.1) is 0 Å². The number of nitrogens with one attached hydrogen (secondary N) is 1. The summed E-state index contributed by atoms with van der Waals surface area (Å²) in [6.45, 7) is 3.92. The molecule has 16 heavy (non-hydrogen) atoms. The van der Waals surface area contributed by atoms with Crippen LogP contribution in [0.1, 0.15) is 44.9 Å². The fourth-order valence-corrected chi connectivity index (χ4v) is 2.15. The fraction of sp³-hybridized carbons (Fsp3) is 1.00. The molecule has 96 valence electrons. The van der Waals surface area contributed by atoms with Crippen LogP contribution in [0.2, 0.25) is 0 Å². The SMILES string of the molecule is COCCNCCCCCCC1CCCO1. The molecule has 1 aliphatic rings. The molecule has 1 unspecified atom stereocenters. The van der Waals surface area contributed by atoms with Gasteiger partial charge in [0.15, 0.2) is 0 Å². The third kappa shape index (κ3) is 7.20. The van der Waals surface area contributed by atoms with Crippen LogP contribution >= 0.6 is 0 Å². The molecule has 3 heteroatoms. The van der Waals surface area contributed by atoms with Crippen LogP contribution in [0.4, 0.5) is 0 Å². The first-order chi connectivity index (χ1) is 7.93. The normalized spacial score (nSPS) is 20.4. The van der Waals surface area contributed by atoms with Gasteiger partial charge in [-0.05, 0) is 32.2 Å². The van der Waals surface area contributed by atoms with Crippen LogP contribution in [0.15, 0.2) is 0 Å². The Hall–Kier alpha value is -0.120. The maximum absolute atomic E-state index is 5.60. The van der Waals surface area contributed by atoms with Gasteiger partial charge in [-0.3, -0.25) is 0 Å². The molecule has 1 rings (SSSR count). The average Bonchev–Trinajstić information content (AvgIpc) is 2.80. The number of ether oxygens (including phenoxy) is 2. The van der Waals surface area contributed by atoms with Gasteiger partial charge in [-0.1, -0.05) is 19.3 Å². The van der Waals surface area contributed by atoms with E-state index in [0.717, 1.165) is 26.3 Å². The van der Waals surface area contributed by atoms with Crippen molar-refractivity contribution in [2.24, 2.45) is 0 Å². The molecule has 1 aliphatic heterocycles. The van der Waals surface area contributed by atoms with Crippen molar-refractivity contribution in [3.8, 4) is 0 Å². The lowest BCUT2D eigenvalue weighted by Gasteiger charge is -2.08. The van der Waals surface area contributed by atoms with Gasteiger partial charge in [0.1, 0.15) is 0 Å². The molecule has 0 saturated carbocycles. The van der Waals surface area contributed by atoms with E-state index in [4.69, 9.17) is 9.47 Å². The summed E-state index contributed by atoms with van der Waals surface area (Å²) in [5.41, 5.74) is 0. The average molecular weight is 229 g/mol. The van der Waals surface area contributed by atoms with E-state index < -0.39 is 0 Å². The third-order valence-corrected chi connectivity index (χ3v) is 3.14. The zero-order valence-corrected chi connectivity index (χ0v) is 10.7. The summed E-state index contributed by atoms with van der Waals surface area (Å²) in [7, 11) is 1.74. The summed E-state index contributed by atoms with van der Waals surface area (Å²) in [6, 6.07) is 0. The topological polar surface area (TPSA) is 30.5 Å². The molecule has 3 nitrogen and oxygen atoms in total. The van der Waals surface area contributed by atoms with Gasteiger partial charge < -0.3 is 14.8 Å². The zero-order chi connectivity index (χ0) is 11.5. The molecule has 0 radical (unpaired) electrons. The first-order valence-corrected chi connectivity index (χ1v) is 6.74. The maximum atomic E-state index is 5.60. The maximum Gasteiger partial charge on any atom is 0.0587 e. The van der Waals surface area contributed by atoms with Crippen molar-refractivity contribution in [2.45, 2.75) is 51.0 Å². The van der Waals surface area contributed by atoms with E-state index in [9.17, 15) is 0 Å². The Morgan fingerprint density at radius 3 is 2.81 bits per heavy atom. The van der Waals surface area contributed by atoms with E-state index in [-0.39, 0.29) is 0 Å². The zero-order valence-electron chi connectivity index (χ0n) is 10.7. The molecule has 0 aromatic heterocycles. The van der Waals surface area contributed by atoms with Gasteiger partial charge in [-0.25, -0.2) is 0 Å². The largest absolute Gasteiger partial charge is 0.383 e. The van der Waals surface area contributed by atoms with Gasteiger partial charge in [0.05, 0.1) is 12.7 Å². The van der Waals surface area contributed by atoms with Crippen molar-refractivity contribution >= 4 is 0 Å². The lowest BCUT2D eigenvalue weighted by Crippen LogP contribution is -2.20. The lowest BCUT2D eigenvalue weighted by molar-refractivity contribution is 0.102. The highest BCUT2D eigenvalue weighted by atomic mass is 16.5.